The van der Waals surface area contributed by atoms with Gasteiger partial charge in [-0.3, -0.25) is 9.59 Å². The molecule has 1 aromatic carbocycles. The highest BCUT2D eigenvalue weighted by Gasteiger charge is 2.58. The molecule has 0 saturated heterocycles. The molecule has 7 nitrogen and oxygen atoms in total. The van der Waals surface area contributed by atoms with Gasteiger partial charge in [-0.15, -0.1) is 0 Å². The van der Waals surface area contributed by atoms with Gasteiger partial charge in [0.05, 0.1) is 0 Å². The van der Waals surface area contributed by atoms with Gasteiger partial charge in [-0.2, -0.15) is 4.72 Å². The zero-order valence-corrected chi connectivity index (χ0v) is 18.6. The van der Waals surface area contributed by atoms with Crippen LogP contribution in [0.1, 0.15) is 46.0 Å². The van der Waals surface area contributed by atoms with Crippen LogP contribution >= 0.6 is 0 Å². The van der Waals surface area contributed by atoms with E-state index < -0.39 is 49.2 Å². The molecule has 2 unspecified atom stereocenters. The fraction of sp³-hybridized carbons (Fsp3) is 0.619. The molecule has 0 spiro atoms. The molecule has 176 valence electrons. The molecule has 2 amide bonds. The van der Waals surface area contributed by atoms with Crippen molar-refractivity contribution in [3.63, 3.8) is 0 Å². The van der Waals surface area contributed by atoms with Crippen molar-refractivity contribution >= 4 is 21.8 Å². The van der Waals surface area contributed by atoms with Gasteiger partial charge in [-0.1, -0.05) is 0 Å². The predicted octanol–water partition coefficient (Wildman–Crippen LogP) is 1.96. The lowest BCUT2D eigenvalue weighted by Crippen LogP contribution is -2.65. The molecule has 2 atom stereocenters. The molecular formula is C21H26F3N3O4S. The second-order valence-electron chi connectivity index (χ2n) is 10.0. The van der Waals surface area contributed by atoms with Crippen molar-refractivity contribution in [3.8, 4) is 0 Å². The van der Waals surface area contributed by atoms with Crippen LogP contribution in [0.4, 0.5) is 13.2 Å². The minimum Gasteiger partial charge on any atom is -0.369 e. The van der Waals surface area contributed by atoms with Gasteiger partial charge in [-0.25, -0.2) is 21.6 Å². The molecule has 4 bridgehead atoms. The summed E-state index contributed by atoms with van der Waals surface area (Å²) in [5.74, 6) is -5.70. The number of carbonyl (C=O) groups excluding carboxylic acids is 2. The third kappa shape index (κ3) is 3.68. The van der Waals surface area contributed by atoms with Gasteiger partial charge in [0.1, 0.15) is 10.4 Å². The lowest BCUT2D eigenvalue weighted by molar-refractivity contribution is -0.148. The van der Waals surface area contributed by atoms with E-state index in [4.69, 9.17) is 5.73 Å². The third-order valence-electron chi connectivity index (χ3n) is 7.34. The third-order valence-corrected chi connectivity index (χ3v) is 9.01. The topological polar surface area (TPSA) is 118 Å². The van der Waals surface area contributed by atoms with Crippen LogP contribution in [-0.2, 0) is 19.6 Å². The maximum atomic E-state index is 14.0. The van der Waals surface area contributed by atoms with E-state index in [0.29, 0.717) is 30.9 Å². The summed E-state index contributed by atoms with van der Waals surface area (Å²) in [5.41, 5.74) is 3.45. The van der Waals surface area contributed by atoms with Crippen molar-refractivity contribution in [2.75, 3.05) is 0 Å². The summed E-state index contributed by atoms with van der Waals surface area (Å²) in [6.07, 6.45) is 3.69. The molecule has 0 aromatic heterocycles. The van der Waals surface area contributed by atoms with Gasteiger partial charge < -0.3 is 11.1 Å². The van der Waals surface area contributed by atoms with Gasteiger partial charge >= 0.3 is 0 Å². The van der Waals surface area contributed by atoms with E-state index in [1.807, 2.05) is 0 Å². The predicted molar refractivity (Wildman–Crippen MR) is 108 cm³/mol. The smallest absolute Gasteiger partial charge is 0.244 e. The summed E-state index contributed by atoms with van der Waals surface area (Å²) >= 11 is 0. The minimum atomic E-state index is -4.67. The number of sulfonamides is 1. The number of hydrogen-bond donors (Lipinski definition) is 3. The van der Waals surface area contributed by atoms with E-state index in [2.05, 4.69) is 10.0 Å². The summed E-state index contributed by atoms with van der Waals surface area (Å²) in [4.78, 5) is 24.0. The fourth-order valence-corrected chi connectivity index (χ4v) is 7.49. The molecule has 0 heterocycles. The molecule has 11 heteroatoms. The number of nitrogens with two attached hydrogens (primary N) is 1. The highest BCUT2D eigenvalue weighted by atomic mass is 32.2. The Morgan fingerprint density at radius 1 is 1.06 bits per heavy atom. The molecule has 0 radical (unpaired) electrons. The van der Waals surface area contributed by atoms with Crippen LogP contribution in [0, 0.1) is 40.6 Å². The van der Waals surface area contributed by atoms with Crippen molar-refractivity contribution in [2.45, 2.75) is 62.4 Å². The van der Waals surface area contributed by atoms with Crippen LogP contribution in [0.15, 0.2) is 17.0 Å². The Bertz CT molecular complexity index is 1080. The minimum absolute atomic E-state index is 0.0637. The van der Waals surface area contributed by atoms with Crippen LogP contribution in [0.3, 0.4) is 0 Å². The molecule has 0 aliphatic heterocycles. The Balaban J connectivity index is 1.50. The highest BCUT2D eigenvalue weighted by Crippen LogP contribution is 2.59. The Morgan fingerprint density at radius 2 is 1.66 bits per heavy atom. The van der Waals surface area contributed by atoms with E-state index in [0.717, 1.165) is 19.3 Å². The summed E-state index contributed by atoms with van der Waals surface area (Å²) in [5, 5.41) is 2.92. The molecule has 1 aromatic rings. The zero-order valence-electron chi connectivity index (χ0n) is 17.8. The van der Waals surface area contributed by atoms with Crippen molar-refractivity contribution in [3.05, 3.63) is 29.6 Å². The number of rotatable bonds is 6. The number of benzene rings is 1. The zero-order chi connectivity index (χ0) is 23.6. The van der Waals surface area contributed by atoms with E-state index >= 15 is 0 Å². The number of hydrogen-bond acceptors (Lipinski definition) is 4. The van der Waals surface area contributed by atoms with Crippen molar-refractivity contribution in [2.24, 2.45) is 28.9 Å². The van der Waals surface area contributed by atoms with E-state index in [1.54, 1.807) is 0 Å². The van der Waals surface area contributed by atoms with Crippen LogP contribution < -0.4 is 15.8 Å². The number of halogens is 3. The molecule has 4 saturated carbocycles. The molecule has 4 aliphatic rings. The highest BCUT2D eigenvalue weighted by molar-refractivity contribution is 7.89. The monoisotopic (exact) mass is 473 g/mol. The summed E-state index contributed by atoms with van der Waals surface area (Å²) in [7, 11) is -4.67. The Kier molecular flexibility index (Phi) is 5.36. The van der Waals surface area contributed by atoms with Crippen LogP contribution in [0.5, 0.6) is 0 Å². The standard InChI is InChI=1S/C21H26F3N3O4S/c1-20(2,27-32(30,31)14-4-3-13(22)15(23)16(14)24)19(29)26-17-11-5-10-6-12(17)9-21(7-10,8-11)18(25)28/h3-4,10-12,17,27H,5-9H2,1-2H3,(H2,25,28)(H,26,29). The first kappa shape index (κ1) is 23.0. The molecule has 5 rings (SSSR count). The van der Waals surface area contributed by atoms with Crippen LogP contribution in [-0.4, -0.2) is 31.8 Å². The van der Waals surface area contributed by atoms with Gasteiger partial charge in [0.25, 0.3) is 0 Å². The first-order chi connectivity index (χ1) is 14.8. The number of amides is 2. The van der Waals surface area contributed by atoms with Crippen LogP contribution in [0.2, 0.25) is 0 Å². The molecular weight excluding hydrogens is 447 g/mol. The molecule has 4 N–H and O–H groups in total. The summed E-state index contributed by atoms with van der Waals surface area (Å²) in [6, 6.07) is 0.879. The molecule has 32 heavy (non-hydrogen) atoms. The van der Waals surface area contributed by atoms with Crippen molar-refractivity contribution < 1.29 is 31.2 Å². The van der Waals surface area contributed by atoms with Crippen molar-refractivity contribution in [1.82, 2.24) is 10.0 Å². The number of primary amides is 1. The maximum Gasteiger partial charge on any atom is 0.244 e. The second-order valence-corrected chi connectivity index (χ2v) is 11.7. The molecule has 4 fully saturated rings. The fourth-order valence-electron chi connectivity index (χ4n) is 6.05. The first-order valence-corrected chi connectivity index (χ1v) is 12.0. The van der Waals surface area contributed by atoms with Gasteiger partial charge in [-0.05, 0) is 75.8 Å². The van der Waals surface area contributed by atoms with E-state index in [-0.39, 0.29) is 23.8 Å². The van der Waals surface area contributed by atoms with Gasteiger partial charge in [0.2, 0.25) is 21.8 Å². The normalized spacial score (nSPS) is 31.5. The summed E-state index contributed by atoms with van der Waals surface area (Å²) < 4.78 is 68.1. The Hall–Kier alpha value is -2.14. The van der Waals surface area contributed by atoms with Crippen LogP contribution in [0.25, 0.3) is 0 Å². The molecule has 4 aliphatic carbocycles. The lowest BCUT2D eigenvalue weighted by Gasteiger charge is -2.59. The largest absolute Gasteiger partial charge is 0.369 e. The maximum absolute atomic E-state index is 14.0. The second kappa shape index (κ2) is 7.44. The average molecular weight is 474 g/mol. The average Bonchev–Trinajstić information content (AvgIpc) is 2.67. The Morgan fingerprint density at radius 3 is 2.22 bits per heavy atom. The van der Waals surface area contributed by atoms with E-state index in [1.165, 1.54) is 13.8 Å². The SMILES string of the molecule is CC(C)(NS(=O)(=O)c1ccc(F)c(F)c1F)C(=O)NC1C2CC3CC1CC(C(N)=O)(C3)C2. The number of carbonyl (C=O) groups is 2. The quantitative estimate of drug-likeness (QED) is 0.548. The van der Waals surface area contributed by atoms with Gasteiger partial charge in [0, 0.05) is 11.5 Å². The lowest BCUT2D eigenvalue weighted by atomic mass is 9.47. The number of nitrogens with one attached hydrogen (secondary N) is 2. The summed E-state index contributed by atoms with van der Waals surface area (Å²) in [6.45, 7) is 2.61. The Labute approximate surface area is 184 Å². The van der Waals surface area contributed by atoms with Gasteiger partial charge in [0.15, 0.2) is 17.5 Å². The van der Waals surface area contributed by atoms with Crippen molar-refractivity contribution in [1.29, 1.82) is 0 Å². The van der Waals surface area contributed by atoms with E-state index in [9.17, 15) is 31.2 Å². The first-order valence-electron chi connectivity index (χ1n) is 10.5.